The molecule has 1 aliphatic rings. The number of halogens is 1. The van der Waals surface area contributed by atoms with Gasteiger partial charge in [0.1, 0.15) is 0 Å². The van der Waals surface area contributed by atoms with E-state index in [1.54, 1.807) is 0 Å². The van der Waals surface area contributed by atoms with E-state index in [0.29, 0.717) is 6.04 Å². The van der Waals surface area contributed by atoms with Gasteiger partial charge in [0.25, 0.3) is 0 Å². The quantitative estimate of drug-likeness (QED) is 0.925. The molecule has 0 radical (unpaired) electrons. The van der Waals surface area contributed by atoms with Crippen LogP contribution in [0.25, 0.3) is 0 Å². The molecule has 2 rings (SSSR count). The summed E-state index contributed by atoms with van der Waals surface area (Å²) in [6.07, 6.45) is 2.41. The fraction of sp³-hybridized carbons (Fsp3) is 0.625. The molecule has 0 saturated carbocycles. The van der Waals surface area contributed by atoms with Gasteiger partial charge in [-0.15, -0.1) is 0 Å². The van der Waals surface area contributed by atoms with Crippen molar-refractivity contribution in [1.82, 2.24) is 4.90 Å². The van der Waals surface area contributed by atoms with Gasteiger partial charge in [0.05, 0.1) is 10.7 Å². The van der Waals surface area contributed by atoms with Gasteiger partial charge in [-0.3, -0.25) is 0 Å². The molecule has 0 aromatic heterocycles. The number of likely N-dealkylation sites (tertiary alicyclic amines) is 1. The van der Waals surface area contributed by atoms with Crippen LogP contribution in [0.2, 0.25) is 5.02 Å². The molecule has 0 spiro atoms. The van der Waals surface area contributed by atoms with E-state index in [2.05, 4.69) is 35.9 Å². The Morgan fingerprint density at radius 1 is 1.40 bits per heavy atom. The number of benzene rings is 1. The zero-order valence-electron chi connectivity index (χ0n) is 12.8. The largest absolute Gasteiger partial charge is 0.370 e. The van der Waals surface area contributed by atoms with Gasteiger partial charge in [-0.2, -0.15) is 0 Å². The average Bonchev–Trinajstić information content (AvgIpc) is 2.46. The second-order valence-electron chi connectivity index (χ2n) is 5.78. The van der Waals surface area contributed by atoms with Crippen LogP contribution in [-0.4, -0.2) is 37.6 Å². The number of piperidine rings is 1. The Labute approximate surface area is 127 Å². The molecule has 1 aromatic rings. The van der Waals surface area contributed by atoms with E-state index in [0.717, 1.165) is 22.8 Å². The van der Waals surface area contributed by atoms with Crippen molar-refractivity contribution in [3.8, 4) is 0 Å². The highest BCUT2D eigenvalue weighted by atomic mass is 35.5. The van der Waals surface area contributed by atoms with Gasteiger partial charge in [0.2, 0.25) is 0 Å². The lowest BCUT2D eigenvalue weighted by atomic mass is 10.0. The zero-order chi connectivity index (χ0) is 14.7. The van der Waals surface area contributed by atoms with Gasteiger partial charge in [-0.25, -0.2) is 0 Å². The van der Waals surface area contributed by atoms with E-state index in [1.165, 1.54) is 25.9 Å². The van der Waals surface area contributed by atoms with Crippen molar-refractivity contribution in [2.75, 3.05) is 31.6 Å². The van der Waals surface area contributed by atoms with E-state index in [1.807, 2.05) is 13.0 Å². The van der Waals surface area contributed by atoms with Crippen LogP contribution < -0.4 is 10.6 Å². The highest BCUT2D eigenvalue weighted by molar-refractivity contribution is 6.33. The maximum atomic E-state index is 6.44. The van der Waals surface area contributed by atoms with Gasteiger partial charge in [0, 0.05) is 32.2 Å². The maximum absolute atomic E-state index is 6.44. The molecule has 2 N–H and O–H groups in total. The predicted octanol–water partition coefficient (Wildman–Crippen LogP) is 3.28. The van der Waals surface area contributed by atoms with Gasteiger partial charge < -0.3 is 15.5 Å². The summed E-state index contributed by atoms with van der Waals surface area (Å²) in [5, 5.41) is 0.806. The second kappa shape index (κ2) is 6.79. The van der Waals surface area contributed by atoms with Crippen molar-refractivity contribution in [3.63, 3.8) is 0 Å². The molecule has 1 fully saturated rings. The lowest BCUT2D eigenvalue weighted by Crippen LogP contribution is -2.43. The van der Waals surface area contributed by atoms with E-state index in [-0.39, 0.29) is 6.04 Å². The van der Waals surface area contributed by atoms with Crippen molar-refractivity contribution in [3.05, 3.63) is 28.8 Å². The first-order chi connectivity index (χ1) is 9.52. The average molecular weight is 296 g/mol. The summed E-state index contributed by atoms with van der Waals surface area (Å²) in [4.78, 5) is 4.84. The molecule has 4 heteroatoms. The molecular formula is C16H26ClN3. The van der Waals surface area contributed by atoms with E-state index in [9.17, 15) is 0 Å². The van der Waals surface area contributed by atoms with Crippen LogP contribution >= 0.6 is 11.6 Å². The normalized spacial score (nSPS) is 19.1. The molecule has 1 aliphatic heterocycles. The number of anilines is 1. The topological polar surface area (TPSA) is 32.5 Å². The molecule has 1 heterocycles. The van der Waals surface area contributed by atoms with Crippen molar-refractivity contribution in [2.24, 2.45) is 5.73 Å². The minimum absolute atomic E-state index is 0.0275. The second-order valence-corrected chi connectivity index (χ2v) is 6.18. The van der Waals surface area contributed by atoms with Crippen LogP contribution in [0, 0.1) is 0 Å². The minimum Gasteiger partial charge on any atom is -0.370 e. The first kappa shape index (κ1) is 15.6. The van der Waals surface area contributed by atoms with E-state index >= 15 is 0 Å². The number of nitrogens with two attached hydrogens (primary N) is 1. The highest BCUT2D eigenvalue weighted by Gasteiger charge is 2.23. The molecule has 0 aliphatic carbocycles. The Balaban J connectivity index is 2.07. The Morgan fingerprint density at radius 3 is 2.55 bits per heavy atom. The maximum Gasteiger partial charge on any atom is 0.0642 e. The van der Waals surface area contributed by atoms with Crippen molar-refractivity contribution in [1.29, 1.82) is 0 Å². The van der Waals surface area contributed by atoms with E-state index < -0.39 is 0 Å². The van der Waals surface area contributed by atoms with Crippen LogP contribution in [0.1, 0.15) is 38.3 Å². The number of hydrogen-bond donors (Lipinski definition) is 1. The van der Waals surface area contributed by atoms with Gasteiger partial charge >= 0.3 is 0 Å². The third-order valence-electron chi connectivity index (χ3n) is 4.43. The van der Waals surface area contributed by atoms with Crippen LogP contribution in [0.15, 0.2) is 18.2 Å². The van der Waals surface area contributed by atoms with E-state index in [4.69, 9.17) is 17.3 Å². The van der Waals surface area contributed by atoms with Crippen molar-refractivity contribution in [2.45, 2.75) is 38.8 Å². The summed E-state index contributed by atoms with van der Waals surface area (Å²) in [5.74, 6) is 0. The third kappa shape index (κ3) is 3.46. The minimum atomic E-state index is 0.0275. The van der Waals surface area contributed by atoms with Gasteiger partial charge in [-0.05, 0) is 44.0 Å². The van der Waals surface area contributed by atoms with Crippen LogP contribution in [-0.2, 0) is 0 Å². The summed E-state index contributed by atoms with van der Waals surface area (Å²) >= 11 is 6.44. The molecule has 20 heavy (non-hydrogen) atoms. The first-order valence-corrected chi connectivity index (χ1v) is 7.91. The fourth-order valence-corrected chi connectivity index (χ4v) is 3.23. The number of nitrogens with zero attached hydrogens (tertiary/aromatic N) is 2. The molecular weight excluding hydrogens is 270 g/mol. The van der Waals surface area contributed by atoms with Crippen molar-refractivity contribution < 1.29 is 0 Å². The zero-order valence-corrected chi connectivity index (χ0v) is 13.5. The monoisotopic (exact) mass is 295 g/mol. The summed E-state index contributed by atoms with van der Waals surface area (Å²) in [6.45, 7) is 7.73. The lowest BCUT2D eigenvalue weighted by Gasteiger charge is -2.37. The summed E-state index contributed by atoms with van der Waals surface area (Å²) in [6, 6.07) is 6.80. The van der Waals surface area contributed by atoms with Gasteiger partial charge in [0.15, 0.2) is 0 Å². The van der Waals surface area contributed by atoms with Crippen LogP contribution in [0.3, 0.4) is 0 Å². The fourth-order valence-electron chi connectivity index (χ4n) is 2.91. The SMILES string of the molecule is CCN1CCC(N(C)c2ccc(C(C)N)cc2Cl)CC1. The van der Waals surface area contributed by atoms with Crippen LogP contribution in [0.5, 0.6) is 0 Å². The highest BCUT2D eigenvalue weighted by Crippen LogP contribution is 2.31. The van der Waals surface area contributed by atoms with Crippen LogP contribution in [0.4, 0.5) is 5.69 Å². The Kier molecular flexibility index (Phi) is 5.30. The Morgan fingerprint density at radius 2 is 2.05 bits per heavy atom. The standard InChI is InChI=1S/C16H26ClN3/c1-4-20-9-7-14(8-10-20)19(3)16-6-5-13(12(2)18)11-15(16)17/h5-6,11-12,14H,4,7-10,18H2,1-3H3. The third-order valence-corrected chi connectivity index (χ3v) is 4.73. The summed E-state index contributed by atoms with van der Waals surface area (Å²) in [7, 11) is 2.15. The molecule has 112 valence electrons. The summed E-state index contributed by atoms with van der Waals surface area (Å²) in [5.41, 5.74) is 8.11. The molecule has 1 saturated heterocycles. The lowest BCUT2D eigenvalue weighted by molar-refractivity contribution is 0.221. The Hall–Kier alpha value is -0.770. The number of hydrogen-bond acceptors (Lipinski definition) is 3. The molecule has 1 atom stereocenters. The molecule has 1 aromatic carbocycles. The summed E-state index contributed by atoms with van der Waals surface area (Å²) < 4.78 is 0. The van der Waals surface area contributed by atoms with Gasteiger partial charge in [-0.1, -0.05) is 24.6 Å². The molecule has 0 bridgehead atoms. The molecule has 3 nitrogen and oxygen atoms in total. The predicted molar refractivity (Wildman–Crippen MR) is 87.6 cm³/mol. The Bertz CT molecular complexity index is 439. The smallest absolute Gasteiger partial charge is 0.0642 e. The molecule has 0 amide bonds. The molecule has 1 unspecified atom stereocenters. The van der Waals surface area contributed by atoms with Crippen molar-refractivity contribution >= 4 is 17.3 Å². The first-order valence-electron chi connectivity index (χ1n) is 7.53. The number of rotatable bonds is 4.